The van der Waals surface area contributed by atoms with Gasteiger partial charge in [-0.05, 0) is 42.5 Å². The fraction of sp³-hybridized carbons (Fsp3) is 0.389. The third-order valence-corrected chi connectivity index (χ3v) is 5.50. The first kappa shape index (κ1) is 15.4. The molecule has 4 atom stereocenters. The lowest BCUT2D eigenvalue weighted by atomic mass is 9.85. The number of fused-ring (bicyclic) bond motifs is 5. The second-order valence-electron chi connectivity index (χ2n) is 6.63. The van der Waals surface area contributed by atoms with Crippen LogP contribution in [-0.2, 0) is 14.4 Å². The highest BCUT2D eigenvalue weighted by atomic mass is 35.5. The average Bonchev–Trinajstić information content (AvgIpc) is 3.23. The molecule has 1 saturated carbocycles. The summed E-state index contributed by atoms with van der Waals surface area (Å²) in [7, 11) is 0. The van der Waals surface area contributed by atoms with Crippen LogP contribution in [0.4, 0.5) is 5.69 Å². The molecule has 2 aliphatic carbocycles. The Labute approximate surface area is 144 Å². The monoisotopic (exact) mass is 344 g/mol. The third-order valence-electron chi connectivity index (χ3n) is 5.25. The zero-order valence-corrected chi connectivity index (χ0v) is 13.7. The van der Waals surface area contributed by atoms with Crippen molar-refractivity contribution in [2.45, 2.75) is 12.8 Å². The number of hydrogen-bond acceptors (Lipinski definition) is 3. The van der Waals surface area contributed by atoms with E-state index in [9.17, 15) is 14.4 Å². The van der Waals surface area contributed by atoms with E-state index in [4.69, 9.17) is 11.6 Å². The molecule has 3 amide bonds. The number of nitrogens with zero attached hydrogens (tertiary/aromatic N) is 1. The number of benzene rings is 1. The molecule has 24 heavy (non-hydrogen) atoms. The zero-order chi connectivity index (χ0) is 16.8. The van der Waals surface area contributed by atoms with E-state index in [1.165, 1.54) is 4.90 Å². The Hall–Kier alpha value is -2.14. The van der Waals surface area contributed by atoms with Gasteiger partial charge >= 0.3 is 0 Å². The van der Waals surface area contributed by atoms with Gasteiger partial charge in [-0.1, -0.05) is 23.8 Å². The van der Waals surface area contributed by atoms with Crippen LogP contribution in [0.1, 0.15) is 12.8 Å². The maximum Gasteiger partial charge on any atom is 0.233 e. The number of amides is 3. The number of anilines is 1. The van der Waals surface area contributed by atoms with Crippen LogP contribution in [-0.4, -0.2) is 29.2 Å². The van der Waals surface area contributed by atoms with Gasteiger partial charge in [-0.3, -0.25) is 19.3 Å². The topological polar surface area (TPSA) is 66.5 Å². The number of imide groups is 1. The molecule has 1 heterocycles. The van der Waals surface area contributed by atoms with Crippen molar-refractivity contribution in [2.75, 3.05) is 11.9 Å². The molecular formula is C18H17ClN2O3. The zero-order valence-electron chi connectivity index (χ0n) is 12.9. The van der Waals surface area contributed by atoms with Gasteiger partial charge in [0.1, 0.15) is 0 Å². The smallest absolute Gasteiger partial charge is 0.233 e. The highest BCUT2D eigenvalue weighted by molar-refractivity contribution is 6.30. The summed E-state index contributed by atoms with van der Waals surface area (Å²) in [5.74, 6) is -0.453. The van der Waals surface area contributed by atoms with Crippen LogP contribution in [0, 0.1) is 23.7 Å². The Kier molecular flexibility index (Phi) is 3.68. The van der Waals surface area contributed by atoms with Crippen molar-refractivity contribution in [2.24, 2.45) is 23.7 Å². The van der Waals surface area contributed by atoms with E-state index in [0.29, 0.717) is 10.7 Å². The molecule has 4 rings (SSSR count). The summed E-state index contributed by atoms with van der Waals surface area (Å²) in [4.78, 5) is 38.4. The molecule has 1 aromatic rings. The molecule has 1 saturated heterocycles. The van der Waals surface area contributed by atoms with Crippen LogP contribution in [0.2, 0.25) is 5.02 Å². The summed E-state index contributed by atoms with van der Waals surface area (Å²) in [5, 5.41) is 3.34. The Morgan fingerprint density at radius 2 is 1.67 bits per heavy atom. The Morgan fingerprint density at radius 1 is 1.08 bits per heavy atom. The van der Waals surface area contributed by atoms with E-state index >= 15 is 0 Å². The lowest BCUT2D eigenvalue weighted by Crippen LogP contribution is -2.35. The van der Waals surface area contributed by atoms with Crippen molar-refractivity contribution < 1.29 is 14.4 Å². The normalized spacial score (nSPS) is 30.1. The number of halogens is 1. The van der Waals surface area contributed by atoms with Crippen LogP contribution in [0.25, 0.3) is 0 Å². The minimum absolute atomic E-state index is 0.0995. The van der Waals surface area contributed by atoms with Crippen molar-refractivity contribution in [3.8, 4) is 0 Å². The second-order valence-corrected chi connectivity index (χ2v) is 7.07. The summed E-state index contributed by atoms with van der Waals surface area (Å²) in [6.07, 6.45) is 5.14. The number of carbonyl (C=O) groups excluding carboxylic acids is 3. The second kappa shape index (κ2) is 5.74. The number of likely N-dealkylation sites (tertiary alicyclic amines) is 1. The van der Waals surface area contributed by atoms with Crippen molar-refractivity contribution in [1.82, 2.24) is 4.90 Å². The molecule has 124 valence electrons. The number of rotatable bonds is 4. The van der Waals surface area contributed by atoms with E-state index in [0.717, 1.165) is 6.42 Å². The molecule has 5 nitrogen and oxygen atoms in total. The molecule has 2 bridgehead atoms. The quantitative estimate of drug-likeness (QED) is 0.674. The summed E-state index contributed by atoms with van der Waals surface area (Å²) >= 11 is 5.80. The molecule has 0 spiro atoms. The van der Waals surface area contributed by atoms with Gasteiger partial charge in [0, 0.05) is 23.7 Å². The highest BCUT2D eigenvalue weighted by Crippen LogP contribution is 2.52. The minimum Gasteiger partial charge on any atom is -0.326 e. The maximum absolute atomic E-state index is 12.5. The molecule has 1 aromatic carbocycles. The van der Waals surface area contributed by atoms with Gasteiger partial charge in [-0.25, -0.2) is 0 Å². The fourth-order valence-corrected chi connectivity index (χ4v) is 4.28. The van der Waals surface area contributed by atoms with Crippen molar-refractivity contribution in [1.29, 1.82) is 0 Å². The molecule has 3 aliphatic rings. The third kappa shape index (κ3) is 2.44. The van der Waals surface area contributed by atoms with Gasteiger partial charge in [0.05, 0.1) is 11.8 Å². The van der Waals surface area contributed by atoms with Gasteiger partial charge in [0.2, 0.25) is 17.7 Å². The van der Waals surface area contributed by atoms with Gasteiger partial charge in [0.15, 0.2) is 0 Å². The Balaban J connectivity index is 1.36. The van der Waals surface area contributed by atoms with E-state index < -0.39 is 0 Å². The number of hydrogen-bond donors (Lipinski definition) is 1. The van der Waals surface area contributed by atoms with Gasteiger partial charge in [-0.2, -0.15) is 0 Å². The molecule has 0 radical (unpaired) electrons. The standard InChI is InChI=1S/C18H17ClN2O3/c19-12-3-5-13(6-4-12)20-14(22)7-8-21-17(23)15-10-1-2-11(9-10)16(15)18(21)24/h1-6,10-11,15-16H,7-9H2,(H,20,22)/t10-,11+,15-,16-/m1/s1. The molecule has 0 unspecified atom stereocenters. The summed E-state index contributed by atoms with van der Waals surface area (Å²) in [6.45, 7) is 0.142. The van der Waals surface area contributed by atoms with Crippen LogP contribution in [0.5, 0.6) is 0 Å². The van der Waals surface area contributed by atoms with Crippen molar-refractivity contribution in [3.63, 3.8) is 0 Å². The molecule has 2 fully saturated rings. The summed E-state index contributed by atoms with van der Waals surface area (Å²) in [5.41, 5.74) is 0.641. The van der Waals surface area contributed by atoms with E-state index in [1.807, 2.05) is 0 Å². The van der Waals surface area contributed by atoms with Crippen molar-refractivity contribution in [3.05, 3.63) is 41.4 Å². The lowest BCUT2D eigenvalue weighted by molar-refractivity contribution is -0.140. The van der Waals surface area contributed by atoms with E-state index in [-0.39, 0.29) is 54.4 Å². The first-order valence-corrected chi connectivity index (χ1v) is 8.51. The predicted octanol–water partition coefficient (Wildman–Crippen LogP) is 2.48. The number of nitrogens with one attached hydrogen (secondary N) is 1. The van der Waals surface area contributed by atoms with Gasteiger partial charge in [-0.15, -0.1) is 0 Å². The summed E-state index contributed by atoms with van der Waals surface area (Å²) < 4.78 is 0. The summed E-state index contributed by atoms with van der Waals surface area (Å²) in [6, 6.07) is 6.80. The lowest BCUT2D eigenvalue weighted by Gasteiger charge is -2.16. The highest BCUT2D eigenvalue weighted by Gasteiger charge is 2.58. The SMILES string of the molecule is O=C(CCN1C(=O)[C@H]2[C@H](C1=O)[C@H]1C=C[C@@H]2C1)Nc1ccc(Cl)cc1. The average molecular weight is 345 g/mol. The van der Waals surface area contributed by atoms with Crippen LogP contribution >= 0.6 is 11.6 Å². The molecular weight excluding hydrogens is 328 g/mol. The van der Waals surface area contributed by atoms with E-state index in [1.54, 1.807) is 24.3 Å². The Bertz CT molecular complexity index is 713. The molecule has 0 aromatic heterocycles. The van der Waals surface area contributed by atoms with Crippen molar-refractivity contribution >= 4 is 35.0 Å². The maximum atomic E-state index is 12.5. The number of carbonyl (C=O) groups is 3. The largest absolute Gasteiger partial charge is 0.326 e. The fourth-order valence-electron chi connectivity index (χ4n) is 4.15. The molecule has 1 N–H and O–H groups in total. The minimum atomic E-state index is -0.226. The van der Waals surface area contributed by atoms with Gasteiger partial charge < -0.3 is 5.32 Å². The first-order chi connectivity index (χ1) is 11.5. The van der Waals surface area contributed by atoms with Gasteiger partial charge in [0.25, 0.3) is 0 Å². The molecule has 1 aliphatic heterocycles. The van der Waals surface area contributed by atoms with Crippen LogP contribution in [0.15, 0.2) is 36.4 Å². The number of allylic oxidation sites excluding steroid dienone is 2. The molecule has 6 heteroatoms. The van der Waals surface area contributed by atoms with Crippen LogP contribution < -0.4 is 5.32 Å². The first-order valence-electron chi connectivity index (χ1n) is 8.13. The van der Waals surface area contributed by atoms with Crippen LogP contribution in [0.3, 0.4) is 0 Å². The predicted molar refractivity (Wildman–Crippen MR) is 89.1 cm³/mol. The van der Waals surface area contributed by atoms with E-state index in [2.05, 4.69) is 17.5 Å². The Morgan fingerprint density at radius 3 is 2.25 bits per heavy atom.